The van der Waals surface area contributed by atoms with Gasteiger partial charge in [-0.1, -0.05) is 18.9 Å². The van der Waals surface area contributed by atoms with Crippen LogP contribution in [0.2, 0.25) is 0 Å². The molecule has 0 N–H and O–H groups in total. The Morgan fingerprint density at radius 2 is 1.58 bits per heavy atom. The summed E-state index contributed by atoms with van der Waals surface area (Å²) in [5.74, 6) is 0. The van der Waals surface area contributed by atoms with Crippen molar-refractivity contribution < 1.29 is 14.0 Å². The van der Waals surface area contributed by atoms with Gasteiger partial charge in [0.15, 0.2) is 0 Å². The van der Waals surface area contributed by atoms with Gasteiger partial charge in [0.25, 0.3) is 0 Å². The summed E-state index contributed by atoms with van der Waals surface area (Å²) in [5.41, 5.74) is 0.860. The third kappa shape index (κ3) is 2.28. The Hall–Kier alpha value is -0.315. The van der Waals surface area contributed by atoms with Crippen molar-refractivity contribution in [3.63, 3.8) is 0 Å². The minimum absolute atomic E-state index is 0.0771. The SMILES string of the molecule is CC1(C)OB(C2=CCOC3(CCCC3)C2)OC1(C)C. The summed E-state index contributed by atoms with van der Waals surface area (Å²) < 4.78 is 18.4. The third-order valence-electron chi connectivity index (χ3n) is 5.33. The summed E-state index contributed by atoms with van der Waals surface area (Å²) in [6.45, 7) is 9.15. The first-order valence-corrected chi connectivity index (χ1v) is 7.52. The minimum atomic E-state index is -0.250. The van der Waals surface area contributed by atoms with Gasteiger partial charge < -0.3 is 14.0 Å². The fourth-order valence-electron chi connectivity index (χ4n) is 3.34. The monoisotopic (exact) mass is 264 g/mol. The van der Waals surface area contributed by atoms with E-state index in [1.54, 1.807) is 0 Å². The van der Waals surface area contributed by atoms with Crippen LogP contribution in [0, 0.1) is 0 Å². The van der Waals surface area contributed by atoms with Crippen molar-refractivity contribution in [3.05, 3.63) is 11.5 Å². The van der Waals surface area contributed by atoms with Gasteiger partial charge in [-0.05, 0) is 52.4 Å². The molecule has 0 bridgehead atoms. The second-order valence-corrected chi connectivity index (χ2v) is 7.25. The van der Waals surface area contributed by atoms with Crippen molar-refractivity contribution in [2.75, 3.05) is 6.61 Å². The summed E-state index contributed by atoms with van der Waals surface area (Å²) in [5, 5.41) is 0. The molecule has 0 unspecified atom stereocenters. The maximum absolute atomic E-state index is 6.16. The van der Waals surface area contributed by atoms with Crippen LogP contribution < -0.4 is 0 Å². The van der Waals surface area contributed by atoms with Crippen LogP contribution in [0.25, 0.3) is 0 Å². The zero-order chi connectivity index (χ0) is 13.7. The van der Waals surface area contributed by atoms with Crippen LogP contribution in [0.4, 0.5) is 0 Å². The molecule has 2 fully saturated rings. The number of hydrogen-bond acceptors (Lipinski definition) is 3. The summed E-state index contributed by atoms with van der Waals surface area (Å²) in [6.07, 6.45) is 8.08. The van der Waals surface area contributed by atoms with Crippen LogP contribution in [0.1, 0.15) is 59.8 Å². The normalized spacial score (nSPS) is 31.8. The van der Waals surface area contributed by atoms with E-state index in [9.17, 15) is 0 Å². The van der Waals surface area contributed by atoms with Crippen LogP contribution in [0.3, 0.4) is 0 Å². The first kappa shape index (κ1) is 13.7. The predicted molar refractivity (Wildman–Crippen MR) is 75.9 cm³/mol. The summed E-state index contributed by atoms with van der Waals surface area (Å²) in [7, 11) is -0.189. The number of ether oxygens (including phenoxy) is 1. The van der Waals surface area contributed by atoms with E-state index < -0.39 is 0 Å². The van der Waals surface area contributed by atoms with Crippen LogP contribution in [-0.4, -0.2) is 30.5 Å². The Bertz CT molecular complexity index is 378. The Labute approximate surface area is 116 Å². The molecule has 3 nitrogen and oxygen atoms in total. The third-order valence-corrected chi connectivity index (χ3v) is 5.33. The molecular formula is C15H25BO3. The first-order chi connectivity index (χ1) is 8.84. The molecule has 0 aromatic rings. The molecule has 1 saturated heterocycles. The van der Waals surface area contributed by atoms with Gasteiger partial charge in [0.2, 0.25) is 0 Å². The highest BCUT2D eigenvalue weighted by atomic mass is 16.7. The fraction of sp³-hybridized carbons (Fsp3) is 0.867. The molecule has 0 aromatic heterocycles. The molecular weight excluding hydrogens is 239 g/mol. The summed E-state index contributed by atoms with van der Waals surface area (Å²) in [6, 6.07) is 0. The molecule has 2 aliphatic heterocycles. The number of rotatable bonds is 1. The van der Waals surface area contributed by atoms with Crippen molar-refractivity contribution in [2.45, 2.75) is 76.6 Å². The lowest BCUT2D eigenvalue weighted by Crippen LogP contribution is -2.41. The highest BCUT2D eigenvalue weighted by Gasteiger charge is 2.53. The lowest BCUT2D eigenvalue weighted by Gasteiger charge is -2.34. The zero-order valence-electron chi connectivity index (χ0n) is 12.6. The van der Waals surface area contributed by atoms with Gasteiger partial charge in [0, 0.05) is 0 Å². The molecule has 1 saturated carbocycles. The lowest BCUT2D eigenvalue weighted by atomic mass is 9.70. The van der Waals surface area contributed by atoms with Crippen LogP contribution >= 0.6 is 0 Å². The molecule has 106 valence electrons. The Morgan fingerprint density at radius 1 is 1.00 bits per heavy atom. The molecule has 19 heavy (non-hydrogen) atoms. The molecule has 1 aliphatic carbocycles. The fourth-order valence-corrected chi connectivity index (χ4v) is 3.34. The van der Waals surface area contributed by atoms with Gasteiger partial charge in [-0.15, -0.1) is 0 Å². The Kier molecular flexibility index (Phi) is 3.12. The van der Waals surface area contributed by atoms with E-state index in [0.29, 0.717) is 6.61 Å². The minimum Gasteiger partial charge on any atom is -0.400 e. The Balaban J connectivity index is 1.75. The van der Waals surface area contributed by atoms with Crippen molar-refractivity contribution in [1.82, 2.24) is 0 Å². The van der Waals surface area contributed by atoms with Crippen molar-refractivity contribution in [3.8, 4) is 0 Å². The van der Waals surface area contributed by atoms with Gasteiger partial charge in [-0.3, -0.25) is 0 Å². The van der Waals surface area contributed by atoms with Gasteiger partial charge in [0.05, 0.1) is 23.4 Å². The quantitative estimate of drug-likeness (QED) is 0.680. The van der Waals surface area contributed by atoms with E-state index in [4.69, 9.17) is 14.0 Å². The predicted octanol–water partition coefficient (Wildman–Crippen LogP) is 3.28. The molecule has 4 heteroatoms. The second kappa shape index (κ2) is 4.34. The van der Waals surface area contributed by atoms with E-state index in [-0.39, 0.29) is 23.9 Å². The van der Waals surface area contributed by atoms with E-state index in [1.807, 2.05) is 0 Å². The lowest BCUT2D eigenvalue weighted by molar-refractivity contribution is -0.0331. The maximum Gasteiger partial charge on any atom is 0.490 e. The average molecular weight is 264 g/mol. The highest BCUT2D eigenvalue weighted by molar-refractivity contribution is 6.54. The van der Waals surface area contributed by atoms with Gasteiger partial charge in [-0.25, -0.2) is 0 Å². The number of hydrogen-bond donors (Lipinski definition) is 0. The van der Waals surface area contributed by atoms with Gasteiger partial charge in [-0.2, -0.15) is 0 Å². The smallest absolute Gasteiger partial charge is 0.400 e. The van der Waals surface area contributed by atoms with Crippen LogP contribution in [0.5, 0.6) is 0 Å². The topological polar surface area (TPSA) is 27.7 Å². The van der Waals surface area contributed by atoms with Crippen molar-refractivity contribution >= 4 is 7.12 Å². The van der Waals surface area contributed by atoms with Crippen LogP contribution in [-0.2, 0) is 14.0 Å². The first-order valence-electron chi connectivity index (χ1n) is 7.52. The molecule has 3 aliphatic rings. The van der Waals surface area contributed by atoms with E-state index >= 15 is 0 Å². The van der Waals surface area contributed by atoms with Gasteiger partial charge >= 0.3 is 7.12 Å². The molecule has 0 atom stereocenters. The molecule has 1 spiro atoms. The molecule has 0 amide bonds. The largest absolute Gasteiger partial charge is 0.490 e. The average Bonchev–Trinajstić information content (AvgIpc) is 2.83. The summed E-state index contributed by atoms with van der Waals surface area (Å²) >= 11 is 0. The molecule has 3 rings (SSSR count). The van der Waals surface area contributed by atoms with Crippen molar-refractivity contribution in [2.24, 2.45) is 0 Å². The van der Waals surface area contributed by atoms with Gasteiger partial charge in [0.1, 0.15) is 0 Å². The molecule has 2 heterocycles. The second-order valence-electron chi connectivity index (χ2n) is 7.25. The highest BCUT2D eigenvalue weighted by Crippen LogP contribution is 2.44. The summed E-state index contributed by atoms with van der Waals surface area (Å²) in [4.78, 5) is 0. The zero-order valence-corrected chi connectivity index (χ0v) is 12.6. The molecule has 0 aromatic carbocycles. The molecule has 0 radical (unpaired) electrons. The van der Waals surface area contributed by atoms with E-state index in [2.05, 4.69) is 33.8 Å². The maximum atomic E-state index is 6.16. The van der Waals surface area contributed by atoms with E-state index in [0.717, 1.165) is 6.42 Å². The van der Waals surface area contributed by atoms with Crippen molar-refractivity contribution in [1.29, 1.82) is 0 Å². The van der Waals surface area contributed by atoms with Crippen LogP contribution in [0.15, 0.2) is 11.5 Å². The Morgan fingerprint density at radius 3 is 2.16 bits per heavy atom. The standard InChI is InChI=1S/C15H25BO3/c1-13(2)14(3,4)19-16(18-13)12-7-10-17-15(11-12)8-5-6-9-15/h7H,5-6,8-11H2,1-4H3. The van der Waals surface area contributed by atoms with E-state index in [1.165, 1.54) is 31.2 Å².